The number of rotatable bonds is 7. The second-order valence-electron chi connectivity index (χ2n) is 19.2. The van der Waals surface area contributed by atoms with Crippen LogP contribution in [0.25, 0.3) is 72.0 Å². The number of hydrogen-bond donors (Lipinski definition) is 0. The topological polar surface area (TPSA) is 3.24 Å². The van der Waals surface area contributed by atoms with Gasteiger partial charge in [0.15, 0.2) is 0 Å². The number of allylic oxidation sites excluding steroid dienone is 4. The molecule has 0 saturated heterocycles. The lowest BCUT2D eigenvalue weighted by Crippen LogP contribution is -2.16. The fourth-order valence-corrected chi connectivity index (χ4v) is 11.3. The molecule has 312 valence electrons. The summed E-state index contributed by atoms with van der Waals surface area (Å²) in [6.07, 6.45) is 9.16. The molecule has 0 N–H and O–H groups in total. The number of benzene rings is 9. The lowest BCUT2D eigenvalue weighted by molar-refractivity contribution is 0.660. The Hall–Kier alpha value is -7.48. The normalized spacial score (nSPS) is 14.9. The van der Waals surface area contributed by atoms with Crippen LogP contribution in [0.2, 0.25) is 0 Å². The third-order valence-corrected chi connectivity index (χ3v) is 14.7. The SMILES string of the molecule is CC1(C)c2ccccc2-c2cc(N(c3cc(-c4ccc5ccccc5c4)ccc3-c3ccc4c(c3)C(C)(C)c3ccccc3-4)c3cccc(C4=CCCC=C4)c3-c3ccccc3)ccc21. The van der Waals surface area contributed by atoms with E-state index in [0.29, 0.717) is 0 Å². The molecule has 9 aromatic rings. The third kappa shape index (κ3) is 6.28. The summed E-state index contributed by atoms with van der Waals surface area (Å²) in [7, 11) is 0. The summed E-state index contributed by atoms with van der Waals surface area (Å²) in [5, 5.41) is 2.48. The van der Waals surface area contributed by atoms with E-state index in [-0.39, 0.29) is 10.8 Å². The Morgan fingerprint density at radius 3 is 1.77 bits per heavy atom. The van der Waals surface area contributed by atoms with Crippen molar-refractivity contribution >= 4 is 33.4 Å². The van der Waals surface area contributed by atoms with Crippen LogP contribution in [0.4, 0.5) is 17.1 Å². The van der Waals surface area contributed by atoms with Gasteiger partial charge in [-0.05, 0) is 138 Å². The van der Waals surface area contributed by atoms with Crippen molar-refractivity contribution in [2.75, 3.05) is 4.90 Å². The largest absolute Gasteiger partial charge is 0.309 e. The molecule has 0 unspecified atom stereocenters. The Morgan fingerprint density at radius 1 is 0.369 bits per heavy atom. The summed E-state index contributed by atoms with van der Waals surface area (Å²) in [5.41, 5.74) is 23.6. The fraction of sp³-hybridized carbons (Fsp3) is 0.125. The first-order valence-electron chi connectivity index (χ1n) is 23.2. The van der Waals surface area contributed by atoms with Gasteiger partial charge in [-0.1, -0.05) is 204 Å². The molecule has 0 amide bonds. The predicted molar refractivity (Wildman–Crippen MR) is 276 cm³/mol. The Labute approximate surface area is 383 Å². The van der Waals surface area contributed by atoms with E-state index in [1.165, 1.54) is 99.8 Å². The van der Waals surface area contributed by atoms with Crippen molar-refractivity contribution in [1.29, 1.82) is 0 Å². The highest BCUT2D eigenvalue weighted by molar-refractivity contribution is 6.01. The van der Waals surface area contributed by atoms with Crippen LogP contribution in [0, 0.1) is 0 Å². The summed E-state index contributed by atoms with van der Waals surface area (Å²) in [5.74, 6) is 0. The number of fused-ring (bicyclic) bond motifs is 7. The first kappa shape index (κ1) is 39.1. The average molecular weight is 834 g/mol. The van der Waals surface area contributed by atoms with Crippen LogP contribution in [0.3, 0.4) is 0 Å². The van der Waals surface area contributed by atoms with Gasteiger partial charge in [0, 0.05) is 27.6 Å². The molecule has 0 saturated carbocycles. The fourth-order valence-electron chi connectivity index (χ4n) is 11.3. The van der Waals surface area contributed by atoms with Gasteiger partial charge in [0.25, 0.3) is 0 Å². The maximum Gasteiger partial charge on any atom is 0.0546 e. The van der Waals surface area contributed by atoms with Gasteiger partial charge in [-0.25, -0.2) is 0 Å². The molecule has 65 heavy (non-hydrogen) atoms. The van der Waals surface area contributed by atoms with Crippen LogP contribution < -0.4 is 4.90 Å². The number of hydrogen-bond acceptors (Lipinski definition) is 1. The minimum absolute atomic E-state index is 0.111. The molecule has 1 nitrogen and oxygen atoms in total. The van der Waals surface area contributed by atoms with E-state index in [4.69, 9.17) is 0 Å². The Kier molecular flexibility index (Phi) is 9.07. The van der Waals surface area contributed by atoms with Gasteiger partial charge < -0.3 is 4.90 Å². The van der Waals surface area contributed by atoms with Crippen LogP contribution >= 0.6 is 0 Å². The van der Waals surface area contributed by atoms with Gasteiger partial charge in [-0.2, -0.15) is 0 Å². The van der Waals surface area contributed by atoms with Gasteiger partial charge in [0.2, 0.25) is 0 Å². The van der Waals surface area contributed by atoms with E-state index < -0.39 is 0 Å². The van der Waals surface area contributed by atoms with E-state index in [2.05, 4.69) is 245 Å². The van der Waals surface area contributed by atoms with Crippen molar-refractivity contribution in [2.45, 2.75) is 51.4 Å². The summed E-state index contributed by atoms with van der Waals surface area (Å²) >= 11 is 0. The van der Waals surface area contributed by atoms with Crippen molar-refractivity contribution in [3.05, 3.63) is 240 Å². The minimum Gasteiger partial charge on any atom is -0.309 e. The molecule has 0 bridgehead atoms. The molecule has 9 aromatic carbocycles. The number of anilines is 3. The first-order valence-corrected chi connectivity index (χ1v) is 23.2. The van der Waals surface area contributed by atoms with Gasteiger partial charge in [0.05, 0.1) is 11.4 Å². The lowest BCUT2D eigenvalue weighted by atomic mass is 9.81. The van der Waals surface area contributed by atoms with Crippen LogP contribution in [0.5, 0.6) is 0 Å². The van der Waals surface area contributed by atoms with Crippen LogP contribution in [0.15, 0.2) is 212 Å². The number of nitrogens with zero attached hydrogens (tertiary/aromatic N) is 1. The maximum absolute atomic E-state index is 2.58. The molecule has 0 atom stereocenters. The van der Waals surface area contributed by atoms with Crippen molar-refractivity contribution in [3.63, 3.8) is 0 Å². The molecular formula is C64H51N. The molecule has 3 aliphatic rings. The zero-order valence-corrected chi connectivity index (χ0v) is 37.6. The summed E-state index contributed by atoms with van der Waals surface area (Å²) in [6.45, 7) is 9.51. The van der Waals surface area contributed by atoms with Crippen molar-refractivity contribution < 1.29 is 0 Å². The summed E-state index contributed by atoms with van der Waals surface area (Å²) < 4.78 is 0. The lowest BCUT2D eigenvalue weighted by Gasteiger charge is -2.32. The summed E-state index contributed by atoms with van der Waals surface area (Å²) in [4.78, 5) is 2.58. The minimum atomic E-state index is -0.136. The smallest absolute Gasteiger partial charge is 0.0546 e. The second kappa shape index (κ2) is 15.1. The Balaban J connectivity index is 1.17. The highest BCUT2D eigenvalue weighted by Gasteiger charge is 2.37. The molecule has 12 rings (SSSR count). The molecule has 1 heteroatoms. The van der Waals surface area contributed by atoms with E-state index in [1.807, 2.05) is 0 Å². The predicted octanol–water partition coefficient (Wildman–Crippen LogP) is 17.7. The van der Waals surface area contributed by atoms with Crippen molar-refractivity contribution in [2.24, 2.45) is 0 Å². The highest BCUT2D eigenvalue weighted by atomic mass is 15.1. The van der Waals surface area contributed by atoms with E-state index >= 15 is 0 Å². The molecular weight excluding hydrogens is 783 g/mol. The molecule has 0 radical (unpaired) electrons. The highest BCUT2D eigenvalue weighted by Crippen LogP contribution is 2.55. The van der Waals surface area contributed by atoms with Crippen LogP contribution in [0.1, 0.15) is 68.4 Å². The molecule has 3 aliphatic carbocycles. The van der Waals surface area contributed by atoms with Crippen molar-refractivity contribution in [3.8, 4) is 55.6 Å². The monoisotopic (exact) mass is 833 g/mol. The first-order chi connectivity index (χ1) is 31.8. The zero-order valence-electron chi connectivity index (χ0n) is 37.6. The summed E-state index contributed by atoms with van der Waals surface area (Å²) in [6, 6.07) is 73.1. The van der Waals surface area contributed by atoms with E-state index in [9.17, 15) is 0 Å². The standard InChI is InChI=1S/C64H51N/c1-63(2)57-28-16-14-25-53(57)55-41-49(34-37-58(55)63)65(60-29-17-26-51(43-19-7-5-8-20-43)62(60)44-21-9-6-10-22-44)61-40-47(46-31-30-42-18-11-12-23-45(42)38-46)32-35-50(61)48-33-36-54-52-24-13-15-27-56(52)64(3,4)59(54)39-48/h6-7,9-41H,5,8H2,1-4H3. The molecule has 0 fully saturated rings. The van der Waals surface area contributed by atoms with Crippen molar-refractivity contribution in [1.82, 2.24) is 0 Å². The van der Waals surface area contributed by atoms with Gasteiger partial charge in [-0.3, -0.25) is 0 Å². The van der Waals surface area contributed by atoms with Gasteiger partial charge in [-0.15, -0.1) is 0 Å². The van der Waals surface area contributed by atoms with Gasteiger partial charge >= 0.3 is 0 Å². The Bertz CT molecular complexity index is 3430. The maximum atomic E-state index is 2.58. The molecule has 0 heterocycles. The average Bonchev–Trinajstić information content (AvgIpc) is 3.73. The quantitative estimate of drug-likeness (QED) is 0.155. The molecule has 0 spiro atoms. The van der Waals surface area contributed by atoms with Crippen LogP contribution in [-0.2, 0) is 10.8 Å². The molecule has 0 aliphatic heterocycles. The van der Waals surface area contributed by atoms with E-state index in [1.54, 1.807) is 0 Å². The zero-order chi connectivity index (χ0) is 43.9. The van der Waals surface area contributed by atoms with E-state index in [0.717, 1.165) is 29.9 Å². The molecule has 0 aromatic heterocycles. The van der Waals surface area contributed by atoms with Crippen LogP contribution in [-0.4, -0.2) is 0 Å². The Morgan fingerprint density at radius 2 is 0.985 bits per heavy atom. The third-order valence-electron chi connectivity index (χ3n) is 14.7. The second-order valence-corrected chi connectivity index (χ2v) is 19.2. The van der Waals surface area contributed by atoms with Gasteiger partial charge in [0.1, 0.15) is 0 Å².